The molecule has 1 aromatic heterocycles. The van der Waals surface area contributed by atoms with E-state index in [4.69, 9.17) is 20.8 Å². The molecular formula is C18H20ClNO4. The van der Waals surface area contributed by atoms with Crippen molar-refractivity contribution in [1.29, 1.82) is 0 Å². The maximum Gasteiger partial charge on any atom is 0.310 e. The van der Waals surface area contributed by atoms with Crippen molar-refractivity contribution in [2.24, 2.45) is 5.92 Å². The van der Waals surface area contributed by atoms with Crippen molar-refractivity contribution in [1.82, 2.24) is 4.90 Å². The summed E-state index contributed by atoms with van der Waals surface area (Å²) in [5.74, 6) is -0.278. The number of nitrogens with zero attached hydrogens (tertiary/aromatic N) is 1. The van der Waals surface area contributed by atoms with Crippen LogP contribution < -0.4 is 5.43 Å². The van der Waals surface area contributed by atoms with Crippen LogP contribution >= 0.6 is 11.6 Å². The smallest absolute Gasteiger partial charge is 0.310 e. The molecule has 128 valence electrons. The predicted octanol–water partition coefficient (Wildman–Crippen LogP) is 3.22. The van der Waals surface area contributed by atoms with Gasteiger partial charge in [0.1, 0.15) is 5.58 Å². The molecule has 1 aliphatic heterocycles. The van der Waals surface area contributed by atoms with E-state index in [0.29, 0.717) is 41.3 Å². The van der Waals surface area contributed by atoms with E-state index in [-0.39, 0.29) is 17.3 Å². The molecule has 0 N–H and O–H groups in total. The van der Waals surface area contributed by atoms with Crippen LogP contribution in [0.4, 0.5) is 0 Å². The molecule has 6 heteroatoms. The summed E-state index contributed by atoms with van der Waals surface area (Å²) in [7, 11) is 0. The molecular weight excluding hydrogens is 330 g/mol. The topological polar surface area (TPSA) is 59.8 Å². The second-order valence-corrected chi connectivity index (χ2v) is 6.49. The van der Waals surface area contributed by atoms with Gasteiger partial charge in [-0.3, -0.25) is 14.5 Å². The Hall–Kier alpha value is -1.85. The average Bonchev–Trinajstić information content (AvgIpc) is 2.58. The summed E-state index contributed by atoms with van der Waals surface area (Å²) < 4.78 is 10.7. The molecule has 1 aromatic carbocycles. The molecule has 1 atom stereocenters. The Labute approximate surface area is 145 Å². The number of rotatable bonds is 4. The van der Waals surface area contributed by atoms with Crippen LogP contribution in [0.2, 0.25) is 5.02 Å². The Bertz CT molecular complexity index is 801. The third-order valence-corrected chi connectivity index (χ3v) is 4.56. The molecule has 1 aliphatic rings. The Morgan fingerprint density at radius 3 is 3.08 bits per heavy atom. The second-order valence-electron chi connectivity index (χ2n) is 6.06. The van der Waals surface area contributed by atoms with Crippen LogP contribution in [0.1, 0.15) is 25.3 Å². The molecule has 1 fully saturated rings. The maximum atomic E-state index is 12.6. The van der Waals surface area contributed by atoms with Crippen molar-refractivity contribution in [3.63, 3.8) is 0 Å². The van der Waals surface area contributed by atoms with Gasteiger partial charge in [0.15, 0.2) is 5.43 Å². The van der Waals surface area contributed by atoms with E-state index in [2.05, 4.69) is 4.90 Å². The van der Waals surface area contributed by atoms with E-state index in [1.807, 2.05) is 6.92 Å². The zero-order valence-electron chi connectivity index (χ0n) is 13.6. The molecule has 0 bridgehead atoms. The van der Waals surface area contributed by atoms with E-state index in [1.165, 1.54) is 6.26 Å². The number of halogens is 1. The van der Waals surface area contributed by atoms with E-state index < -0.39 is 0 Å². The molecule has 2 heterocycles. The highest BCUT2D eigenvalue weighted by Gasteiger charge is 2.27. The van der Waals surface area contributed by atoms with Gasteiger partial charge < -0.3 is 9.15 Å². The molecule has 5 nitrogen and oxygen atoms in total. The fraction of sp³-hybridized carbons (Fsp3) is 0.444. The lowest BCUT2D eigenvalue weighted by Crippen LogP contribution is -2.39. The van der Waals surface area contributed by atoms with Gasteiger partial charge in [-0.25, -0.2) is 0 Å². The van der Waals surface area contributed by atoms with Gasteiger partial charge in [0, 0.05) is 23.7 Å². The van der Waals surface area contributed by atoms with Crippen molar-refractivity contribution in [3.05, 3.63) is 45.3 Å². The van der Waals surface area contributed by atoms with Gasteiger partial charge in [0.05, 0.1) is 24.2 Å². The minimum absolute atomic E-state index is 0.0722. The summed E-state index contributed by atoms with van der Waals surface area (Å²) >= 11 is 5.98. The number of hydrogen-bond acceptors (Lipinski definition) is 5. The zero-order valence-corrected chi connectivity index (χ0v) is 14.3. The highest BCUT2D eigenvalue weighted by Crippen LogP contribution is 2.21. The standard InChI is InChI=1S/C18H20ClNO4/c1-2-23-18(22)12-4-3-7-20(9-12)10-13-11-24-16-6-5-14(19)8-15(16)17(13)21/h5-6,8,11-12H,2-4,7,9-10H2,1H3/t12-/m1/s1. The minimum atomic E-state index is -0.153. The van der Waals surface area contributed by atoms with Gasteiger partial charge in [-0.05, 0) is 44.5 Å². The van der Waals surface area contributed by atoms with Gasteiger partial charge in [0.2, 0.25) is 0 Å². The van der Waals surface area contributed by atoms with Gasteiger partial charge in [-0.2, -0.15) is 0 Å². The number of piperidine rings is 1. The first-order valence-electron chi connectivity index (χ1n) is 8.17. The van der Waals surface area contributed by atoms with Crippen LogP contribution in [0.25, 0.3) is 11.0 Å². The highest BCUT2D eigenvalue weighted by atomic mass is 35.5. The van der Waals surface area contributed by atoms with E-state index in [9.17, 15) is 9.59 Å². The number of hydrogen-bond donors (Lipinski definition) is 0. The summed E-state index contributed by atoms with van der Waals surface area (Å²) in [5, 5.41) is 0.992. The number of ether oxygens (including phenoxy) is 1. The normalized spacial score (nSPS) is 18.7. The lowest BCUT2D eigenvalue weighted by atomic mass is 9.98. The third-order valence-electron chi connectivity index (χ3n) is 4.33. The lowest BCUT2D eigenvalue weighted by molar-refractivity contribution is -0.150. The Morgan fingerprint density at radius 2 is 2.29 bits per heavy atom. The molecule has 0 spiro atoms. The molecule has 0 radical (unpaired) electrons. The van der Waals surface area contributed by atoms with Crippen LogP contribution in [-0.4, -0.2) is 30.6 Å². The number of esters is 1. The minimum Gasteiger partial charge on any atom is -0.466 e. The fourth-order valence-corrected chi connectivity index (χ4v) is 3.32. The van der Waals surface area contributed by atoms with Crippen LogP contribution in [-0.2, 0) is 16.1 Å². The van der Waals surface area contributed by atoms with Crippen molar-refractivity contribution >= 4 is 28.5 Å². The molecule has 3 rings (SSSR count). The Kier molecular flexibility index (Phi) is 5.21. The first kappa shape index (κ1) is 17.0. The summed E-state index contributed by atoms with van der Waals surface area (Å²) in [4.78, 5) is 26.7. The number of fused-ring (bicyclic) bond motifs is 1. The van der Waals surface area contributed by atoms with Gasteiger partial charge in [-0.1, -0.05) is 11.6 Å². The van der Waals surface area contributed by atoms with Crippen LogP contribution in [0.3, 0.4) is 0 Å². The molecule has 0 amide bonds. The Morgan fingerprint density at radius 1 is 1.46 bits per heavy atom. The van der Waals surface area contributed by atoms with E-state index in [1.54, 1.807) is 18.2 Å². The second kappa shape index (κ2) is 7.36. The average molecular weight is 350 g/mol. The summed E-state index contributed by atoms with van der Waals surface area (Å²) in [6, 6.07) is 5.02. The molecule has 0 unspecified atom stereocenters. The summed E-state index contributed by atoms with van der Waals surface area (Å²) in [6.45, 7) is 4.11. The molecule has 2 aromatic rings. The van der Waals surface area contributed by atoms with Crippen molar-refractivity contribution in [2.45, 2.75) is 26.3 Å². The van der Waals surface area contributed by atoms with Crippen LogP contribution in [0.5, 0.6) is 0 Å². The third kappa shape index (κ3) is 3.62. The number of carbonyl (C=O) groups excluding carboxylic acids is 1. The van der Waals surface area contributed by atoms with Crippen molar-refractivity contribution in [2.75, 3.05) is 19.7 Å². The summed E-state index contributed by atoms with van der Waals surface area (Å²) in [5.41, 5.74) is 1.03. The fourth-order valence-electron chi connectivity index (χ4n) is 3.15. The zero-order chi connectivity index (χ0) is 17.1. The van der Waals surface area contributed by atoms with Crippen LogP contribution in [0.15, 0.2) is 33.7 Å². The lowest BCUT2D eigenvalue weighted by Gasteiger charge is -2.31. The highest BCUT2D eigenvalue weighted by molar-refractivity contribution is 6.31. The van der Waals surface area contributed by atoms with E-state index in [0.717, 1.165) is 19.4 Å². The Balaban J connectivity index is 1.78. The van der Waals surface area contributed by atoms with Crippen LogP contribution in [0, 0.1) is 5.92 Å². The first-order chi connectivity index (χ1) is 11.6. The molecule has 0 saturated carbocycles. The quantitative estimate of drug-likeness (QED) is 0.793. The first-order valence-corrected chi connectivity index (χ1v) is 8.55. The van der Waals surface area contributed by atoms with Crippen molar-refractivity contribution in [3.8, 4) is 0 Å². The largest absolute Gasteiger partial charge is 0.466 e. The number of likely N-dealkylation sites (tertiary alicyclic amines) is 1. The molecule has 24 heavy (non-hydrogen) atoms. The predicted molar refractivity (Wildman–Crippen MR) is 92.1 cm³/mol. The van der Waals surface area contributed by atoms with Gasteiger partial charge in [-0.15, -0.1) is 0 Å². The van der Waals surface area contributed by atoms with Crippen molar-refractivity contribution < 1.29 is 13.9 Å². The SMILES string of the molecule is CCOC(=O)[C@@H]1CCCN(Cc2coc3ccc(Cl)cc3c2=O)C1. The molecule has 0 aliphatic carbocycles. The monoisotopic (exact) mass is 349 g/mol. The number of benzene rings is 1. The number of carbonyl (C=O) groups is 1. The summed E-state index contributed by atoms with van der Waals surface area (Å²) in [6.07, 6.45) is 3.25. The van der Waals surface area contributed by atoms with Gasteiger partial charge in [0.25, 0.3) is 0 Å². The van der Waals surface area contributed by atoms with Gasteiger partial charge >= 0.3 is 5.97 Å². The van der Waals surface area contributed by atoms with E-state index >= 15 is 0 Å². The maximum absolute atomic E-state index is 12.6. The molecule has 1 saturated heterocycles.